The first-order valence-corrected chi connectivity index (χ1v) is 7.87. The molecule has 0 atom stereocenters. The van der Waals surface area contributed by atoms with Crippen molar-refractivity contribution >= 4 is 11.2 Å². The molecule has 0 aliphatic carbocycles. The van der Waals surface area contributed by atoms with Crippen molar-refractivity contribution < 1.29 is 4.74 Å². The Morgan fingerprint density at radius 2 is 1.86 bits per heavy atom. The summed E-state index contributed by atoms with van der Waals surface area (Å²) < 4.78 is 7.67. The molecular weight excluding hydrogens is 274 g/mol. The molecule has 4 heteroatoms. The zero-order valence-electron chi connectivity index (χ0n) is 12.5. The van der Waals surface area contributed by atoms with Gasteiger partial charge >= 0.3 is 0 Å². The topological polar surface area (TPSA) is 39.9 Å². The van der Waals surface area contributed by atoms with Crippen LogP contribution in [0.3, 0.4) is 0 Å². The van der Waals surface area contributed by atoms with Crippen LogP contribution in [0.1, 0.15) is 18.7 Å². The number of hydrogen-bond acceptors (Lipinski definition) is 3. The first kappa shape index (κ1) is 13.5. The summed E-state index contributed by atoms with van der Waals surface area (Å²) in [4.78, 5) is 9.39. The van der Waals surface area contributed by atoms with E-state index in [0.717, 1.165) is 55.2 Å². The van der Waals surface area contributed by atoms with Crippen molar-refractivity contribution in [2.24, 2.45) is 5.92 Å². The summed E-state index contributed by atoms with van der Waals surface area (Å²) in [7, 11) is 0. The Morgan fingerprint density at radius 3 is 2.68 bits per heavy atom. The van der Waals surface area contributed by atoms with Crippen molar-refractivity contribution in [2.45, 2.75) is 19.3 Å². The maximum absolute atomic E-state index is 5.47. The highest BCUT2D eigenvalue weighted by Gasteiger charge is 2.20. The van der Waals surface area contributed by atoms with E-state index in [1.165, 1.54) is 0 Å². The van der Waals surface area contributed by atoms with Gasteiger partial charge in [-0.05, 0) is 43.0 Å². The number of aromatic nitrogens is 3. The smallest absolute Gasteiger partial charge is 0.164 e. The Balaban J connectivity index is 1.79. The molecule has 0 spiro atoms. The third-order valence-electron chi connectivity index (χ3n) is 4.31. The Labute approximate surface area is 129 Å². The van der Waals surface area contributed by atoms with E-state index < -0.39 is 0 Å². The largest absolute Gasteiger partial charge is 0.381 e. The fourth-order valence-corrected chi connectivity index (χ4v) is 3.15. The quantitative estimate of drug-likeness (QED) is 0.743. The van der Waals surface area contributed by atoms with Gasteiger partial charge in [-0.1, -0.05) is 18.2 Å². The molecule has 0 radical (unpaired) electrons. The zero-order valence-corrected chi connectivity index (χ0v) is 12.5. The van der Waals surface area contributed by atoms with Gasteiger partial charge in [0.25, 0.3) is 0 Å². The molecule has 3 aromatic rings. The van der Waals surface area contributed by atoms with Crippen molar-refractivity contribution in [3.8, 4) is 5.69 Å². The maximum atomic E-state index is 5.47. The first-order chi connectivity index (χ1) is 10.9. The van der Waals surface area contributed by atoms with E-state index in [-0.39, 0.29) is 0 Å². The Kier molecular flexibility index (Phi) is 3.60. The average Bonchev–Trinajstić information content (AvgIpc) is 2.94. The second-order valence-electron chi connectivity index (χ2n) is 5.80. The predicted octanol–water partition coefficient (Wildman–Crippen LogP) is 3.39. The molecule has 0 N–H and O–H groups in total. The second kappa shape index (κ2) is 5.89. The molecular formula is C18H19N3O. The van der Waals surface area contributed by atoms with Gasteiger partial charge in [0, 0.05) is 31.5 Å². The van der Waals surface area contributed by atoms with Crippen molar-refractivity contribution in [1.82, 2.24) is 14.5 Å². The van der Waals surface area contributed by atoms with Gasteiger partial charge in [0.15, 0.2) is 5.65 Å². The number of para-hydroxylation sites is 1. The molecule has 3 heterocycles. The SMILES string of the molecule is c1ccc(-n2c(CC3CCOCC3)nc3cccnc32)cc1. The molecule has 22 heavy (non-hydrogen) atoms. The minimum Gasteiger partial charge on any atom is -0.381 e. The van der Waals surface area contributed by atoms with Gasteiger partial charge in [-0.25, -0.2) is 9.97 Å². The van der Waals surface area contributed by atoms with Gasteiger partial charge in [-0.3, -0.25) is 4.57 Å². The predicted molar refractivity (Wildman–Crippen MR) is 86.1 cm³/mol. The maximum Gasteiger partial charge on any atom is 0.164 e. The first-order valence-electron chi connectivity index (χ1n) is 7.87. The lowest BCUT2D eigenvalue weighted by Gasteiger charge is -2.22. The highest BCUT2D eigenvalue weighted by atomic mass is 16.5. The van der Waals surface area contributed by atoms with Crippen LogP contribution in [0.4, 0.5) is 0 Å². The normalized spacial score (nSPS) is 16.2. The fourth-order valence-electron chi connectivity index (χ4n) is 3.15. The van der Waals surface area contributed by atoms with Crippen molar-refractivity contribution in [2.75, 3.05) is 13.2 Å². The molecule has 0 bridgehead atoms. The van der Waals surface area contributed by atoms with E-state index in [0.29, 0.717) is 5.92 Å². The molecule has 112 valence electrons. The van der Waals surface area contributed by atoms with Gasteiger partial charge < -0.3 is 4.74 Å². The molecule has 1 fully saturated rings. The third kappa shape index (κ3) is 2.50. The molecule has 2 aromatic heterocycles. The van der Waals surface area contributed by atoms with Crippen molar-refractivity contribution in [1.29, 1.82) is 0 Å². The summed E-state index contributed by atoms with van der Waals surface area (Å²) >= 11 is 0. The number of rotatable bonds is 3. The lowest BCUT2D eigenvalue weighted by atomic mass is 9.96. The van der Waals surface area contributed by atoms with Crippen LogP contribution >= 0.6 is 0 Å². The lowest BCUT2D eigenvalue weighted by Crippen LogP contribution is -2.19. The number of hydrogen-bond donors (Lipinski definition) is 0. The van der Waals surface area contributed by atoms with Gasteiger partial charge in [0.05, 0.1) is 0 Å². The summed E-state index contributed by atoms with van der Waals surface area (Å²) in [5.41, 5.74) is 3.04. The van der Waals surface area contributed by atoms with Crippen molar-refractivity contribution in [3.63, 3.8) is 0 Å². The van der Waals surface area contributed by atoms with Crippen LogP contribution in [0.15, 0.2) is 48.7 Å². The number of fused-ring (bicyclic) bond motifs is 1. The molecule has 4 rings (SSSR count). The standard InChI is InChI=1S/C18H19N3O/c1-2-5-15(6-3-1)21-17(13-14-8-11-22-12-9-14)20-16-7-4-10-19-18(16)21/h1-7,10,14H,8-9,11-13H2. The molecule has 4 nitrogen and oxygen atoms in total. The molecule has 1 saturated heterocycles. The van der Waals surface area contributed by atoms with Gasteiger partial charge in [0.1, 0.15) is 11.3 Å². The van der Waals surface area contributed by atoms with E-state index in [2.05, 4.69) is 33.8 Å². The summed E-state index contributed by atoms with van der Waals surface area (Å²) in [6.07, 6.45) is 5.05. The monoisotopic (exact) mass is 293 g/mol. The fraction of sp³-hybridized carbons (Fsp3) is 0.333. The van der Waals surface area contributed by atoms with Crippen LogP contribution < -0.4 is 0 Å². The third-order valence-corrected chi connectivity index (χ3v) is 4.31. The Bertz CT molecular complexity index is 760. The second-order valence-corrected chi connectivity index (χ2v) is 5.80. The van der Waals surface area contributed by atoms with E-state index in [9.17, 15) is 0 Å². The van der Waals surface area contributed by atoms with Crippen LogP contribution in [-0.2, 0) is 11.2 Å². The van der Waals surface area contributed by atoms with Crippen LogP contribution in [0.2, 0.25) is 0 Å². The number of pyridine rings is 1. The minimum atomic E-state index is 0.646. The van der Waals surface area contributed by atoms with E-state index in [4.69, 9.17) is 9.72 Å². The lowest BCUT2D eigenvalue weighted by molar-refractivity contribution is 0.0659. The van der Waals surface area contributed by atoms with Gasteiger partial charge in [-0.15, -0.1) is 0 Å². The molecule has 0 saturated carbocycles. The van der Waals surface area contributed by atoms with Crippen LogP contribution in [0, 0.1) is 5.92 Å². The van der Waals surface area contributed by atoms with Gasteiger partial charge in [-0.2, -0.15) is 0 Å². The Morgan fingerprint density at radius 1 is 1.05 bits per heavy atom. The summed E-state index contributed by atoms with van der Waals surface area (Å²) in [6.45, 7) is 1.74. The molecule has 0 unspecified atom stereocenters. The minimum absolute atomic E-state index is 0.646. The summed E-state index contributed by atoms with van der Waals surface area (Å²) in [5, 5.41) is 0. The summed E-state index contributed by atoms with van der Waals surface area (Å²) in [5.74, 6) is 1.75. The number of benzene rings is 1. The van der Waals surface area contributed by atoms with Crippen LogP contribution in [-0.4, -0.2) is 27.7 Å². The number of imidazole rings is 1. The highest BCUT2D eigenvalue weighted by molar-refractivity contribution is 5.73. The zero-order chi connectivity index (χ0) is 14.8. The Hall–Kier alpha value is -2.20. The molecule has 0 amide bonds. The van der Waals surface area contributed by atoms with Gasteiger partial charge in [0.2, 0.25) is 0 Å². The average molecular weight is 293 g/mol. The van der Waals surface area contributed by atoms with E-state index in [1.54, 1.807) is 0 Å². The molecule has 1 aromatic carbocycles. The van der Waals surface area contributed by atoms with Crippen LogP contribution in [0.25, 0.3) is 16.9 Å². The number of nitrogens with zero attached hydrogens (tertiary/aromatic N) is 3. The highest BCUT2D eigenvalue weighted by Crippen LogP contribution is 2.25. The van der Waals surface area contributed by atoms with E-state index >= 15 is 0 Å². The number of ether oxygens (including phenoxy) is 1. The van der Waals surface area contributed by atoms with Crippen LogP contribution in [0.5, 0.6) is 0 Å². The van der Waals surface area contributed by atoms with Crippen molar-refractivity contribution in [3.05, 3.63) is 54.5 Å². The molecule has 1 aliphatic rings. The van der Waals surface area contributed by atoms with E-state index in [1.807, 2.05) is 24.4 Å². The molecule has 1 aliphatic heterocycles. The summed E-state index contributed by atoms with van der Waals surface area (Å²) in [6, 6.07) is 14.4.